The lowest BCUT2D eigenvalue weighted by atomic mass is 10.2. The highest BCUT2D eigenvalue weighted by Crippen LogP contribution is 2.41. The highest BCUT2D eigenvalue weighted by molar-refractivity contribution is 7.10. The van der Waals surface area contributed by atoms with Gasteiger partial charge in [-0.05, 0) is 18.4 Å². The molecule has 0 atom stereocenters. The Labute approximate surface area is 149 Å². The maximum Gasteiger partial charge on any atom is 0.250 e. The smallest absolute Gasteiger partial charge is 0.209 e. The summed E-state index contributed by atoms with van der Waals surface area (Å²) in [7, 11) is 0. The number of alkyl halides is 6. The molecule has 0 fully saturated rings. The predicted octanol–water partition coefficient (Wildman–Crippen LogP) is 5.56. The Kier molecular flexibility index (Phi) is 4.97. The first-order valence-electron chi connectivity index (χ1n) is 5.04. The van der Waals surface area contributed by atoms with E-state index in [2.05, 4.69) is 15.0 Å². The van der Waals surface area contributed by atoms with E-state index in [1.54, 1.807) is 0 Å². The third kappa shape index (κ3) is 3.80. The molecule has 2 heterocycles. The van der Waals surface area contributed by atoms with Gasteiger partial charge in [0.05, 0.1) is 0 Å². The van der Waals surface area contributed by atoms with Crippen LogP contribution >= 0.6 is 80.9 Å². The number of aromatic nitrogens is 3. The average molecular weight is 412 g/mol. The van der Waals surface area contributed by atoms with Crippen molar-refractivity contribution < 1.29 is 0 Å². The van der Waals surface area contributed by atoms with Crippen molar-refractivity contribution in [3.05, 3.63) is 28.0 Å². The molecule has 0 unspecified atom stereocenters. The molecule has 0 aliphatic rings. The van der Waals surface area contributed by atoms with Crippen LogP contribution in [0.5, 0.6) is 0 Å². The van der Waals surface area contributed by atoms with Gasteiger partial charge < -0.3 is 0 Å². The van der Waals surface area contributed by atoms with E-state index in [0.29, 0.717) is 5.82 Å². The third-order valence-corrected chi connectivity index (χ3v) is 4.10. The van der Waals surface area contributed by atoms with E-state index in [-0.39, 0.29) is 11.6 Å². The standard InChI is InChI=1S/C10H5Cl6N3S/c1-4-5(2-3-20-4)6-17-7(9(11,12)13)19-8(18-6)10(14,15)16/h2-3H,1H3. The van der Waals surface area contributed by atoms with Crippen LogP contribution in [-0.2, 0) is 7.59 Å². The summed E-state index contributed by atoms with van der Waals surface area (Å²) in [5.74, 6) is 0.0975. The molecule has 0 spiro atoms. The summed E-state index contributed by atoms with van der Waals surface area (Å²) in [6.07, 6.45) is 0. The Morgan fingerprint density at radius 2 is 1.40 bits per heavy atom. The van der Waals surface area contributed by atoms with Gasteiger partial charge in [-0.2, -0.15) is 0 Å². The van der Waals surface area contributed by atoms with E-state index in [4.69, 9.17) is 69.6 Å². The van der Waals surface area contributed by atoms with Crippen molar-refractivity contribution in [3.8, 4) is 11.4 Å². The molecule has 0 bridgehead atoms. The molecule has 0 aliphatic carbocycles. The molecule has 20 heavy (non-hydrogen) atoms. The Balaban J connectivity index is 2.67. The van der Waals surface area contributed by atoms with Gasteiger partial charge in [0.25, 0.3) is 0 Å². The summed E-state index contributed by atoms with van der Waals surface area (Å²) in [6, 6.07) is 1.83. The third-order valence-electron chi connectivity index (χ3n) is 2.24. The van der Waals surface area contributed by atoms with Crippen LogP contribution in [0.4, 0.5) is 0 Å². The summed E-state index contributed by atoms with van der Waals surface area (Å²) in [6.45, 7) is 1.91. The van der Waals surface area contributed by atoms with Crippen LogP contribution in [-0.4, -0.2) is 15.0 Å². The molecule has 2 aromatic rings. The van der Waals surface area contributed by atoms with Crippen molar-refractivity contribution in [2.24, 2.45) is 0 Å². The van der Waals surface area contributed by atoms with E-state index in [1.807, 2.05) is 18.4 Å². The van der Waals surface area contributed by atoms with Crippen LogP contribution < -0.4 is 0 Å². The maximum atomic E-state index is 5.81. The summed E-state index contributed by atoms with van der Waals surface area (Å²) >= 11 is 36.4. The Morgan fingerprint density at radius 3 is 1.75 bits per heavy atom. The minimum Gasteiger partial charge on any atom is -0.209 e. The second-order valence-electron chi connectivity index (χ2n) is 3.69. The van der Waals surface area contributed by atoms with Crippen molar-refractivity contribution >= 4 is 80.9 Å². The maximum absolute atomic E-state index is 5.81. The lowest BCUT2D eigenvalue weighted by Gasteiger charge is -2.15. The largest absolute Gasteiger partial charge is 0.250 e. The minimum atomic E-state index is -1.84. The van der Waals surface area contributed by atoms with Crippen LogP contribution in [0.3, 0.4) is 0 Å². The highest BCUT2D eigenvalue weighted by atomic mass is 35.6. The van der Waals surface area contributed by atoms with E-state index >= 15 is 0 Å². The molecule has 2 rings (SSSR count). The van der Waals surface area contributed by atoms with E-state index in [0.717, 1.165) is 10.4 Å². The molecule has 10 heteroatoms. The molecule has 0 aromatic carbocycles. The fourth-order valence-electron chi connectivity index (χ4n) is 1.37. The van der Waals surface area contributed by atoms with Gasteiger partial charge in [-0.3, -0.25) is 0 Å². The zero-order valence-corrected chi connectivity index (χ0v) is 15.0. The lowest BCUT2D eigenvalue weighted by Crippen LogP contribution is -2.16. The highest BCUT2D eigenvalue weighted by Gasteiger charge is 2.34. The van der Waals surface area contributed by atoms with Gasteiger partial charge in [-0.15, -0.1) is 11.3 Å². The number of rotatable bonds is 1. The Morgan fingerprint density at radius 1 is 0.900 bits per heavy atom. The summed E-state index contributed by atoms with van der Waals surface area (Å²) in [5, 5.41) is 1.89. The normalized spacial score (nSPS) is 12.8. The van der Waals surface area contributed by atoms with Gasteiger partial charge >= 0.3 is 0 Å². The second-order valence-corrected chi connectivity index (χ2v) is 9.37. The monoisotopic (exact) mass is 409 g/mol. The first-order chi connectivity index (χ1) is 9.09. The van der Waals surface area contributed by atoms with Crippen molar-refractivity contribution in [3.63, 3.8) is 0 Å². The molecule has 0 saturated heterocycles. The molecular weight excluding hydrogens is 407 g/mol. The topological polar surface area (TPSA) is 38.7 Å². The fourth-order valence-corrected chi connectivity index (χ4v) is 2.57. The first-order valence-corrected chi connectivity index (χ1v) is 8.18. The van der Waals surface area contributed by atoms with Crippen molar-refractivity contribution in [2.45, 2.75) is 14.5 Å². The van der Waals surface area contributed by atoms with Gasteiger partial charge in [-0.25, -0.2) is 15.0 Å². The number of halogens is 6. The molecule has 2 aromatic heterocycles. The van der Waals surface area contributed by atoms with Crippen LogP contribution in [0.2, 0.25) is 0 Å². The van der Waals surface area contributed by atoms with Gasteiger partial charge in [0.1, 0.15) is 0 Å². The number of hydrogen-bond donors (Lipinski definition) is 0. The Hall–Kier alpha value is 0.450. The lowest BCUT2D eigenvalue weighted by molar-refractivity contribution is 0.851. The summed E-state index contributed by atoms with van der Waals surface area (Å²) in [4.78, 5) is 13.2. The predicted molar refractivity (Wildman–Crippen MR) is 86.4 cm³/mol. The molecule has 108 valence electrons. The SMILES string of the molecule is Cc1sccc1-c1nc(C(Cl)(Cl)Cl)nc(C(Cl)(Cl)Cl)n1. The van der Waals surface area contributed by atoms with Crippen molar-refractivity contribution in [1.82, 2.24) is 15.0 Å². The zero-order valence-electron chi connectivity index (χ0n) is 9.67. The van der Waals surface area contributed by atoms with E-state index in [1.165, 1.54) is 11.3 Å². The molecule has 0 N–H and O–H groups in total. The second kappa shape index (κ2) is 5.92. The van der Waals surface area contributed by atoms with Crippen LogP contribution in [0.25, 0.3) is 11.4 Å². The van der Waals surface area contributed by atoms with Crippen molar-refractivity contribution in [2.75, 3.05) is 0 Å². The molecule has 0 radical (unpaired) electrons. The van der Waals surface area contributed by atoms with Gasteiger partial charge in [0.2, 0.25) is 7.59 Å². The van der Waals surface area contributed by atoms with Crippen LogP contribution in [0.1, 0.15) is 16.5 Å². The van der Waals surface area contributed by atoms with E-state index in [9.17, 15) is 0 Å². The quantitative estimate of drug-likeness (QED) is 0.576. The number of thiophene rings is 1. The molecule has 0 amide bonds. The first kappa shape index (κ1) is 16.8. The fraction of sp³-hybridized carbons (Fsp3) is 0.300. The van der Waals surface area contributed by atoms with Gasteiger partial charge in [0.15, 0.2) is 17.5 Å². The van der Waals surface area contributed by atoms with Gasteiger partial charge in [-0.1, -0.05) is 69.6 Å². The average Bonchev–Trinajstić information content (AvgIpc) is 2.72. The Bertz CT molecular complexity index is 598. The van der Waals surface area contributed by atoms with Crippen LogP contribution in [0.15, 0.2) is 11.4 Å². The molecular formula is C10H5Cl6N3S. The van der Waals surface area contributed by atoms with Gasteiger partial charge in [0, 0.05) is 10.4 Å². The number of hydrogen-bond acceptors (Lipinski definition) is 4. The molecule has 0 saturated carbocycles. The number of nitrogens with zero attached hydrogens (tertiary/aromatic N) is 3. The minimum absolute atomic E-state index is 0.0978. The summed E-state index contributed by atoms with van der Waals surface area (Å²) < 4.78 is -3.68. The number of aryl methyl sites for hydroxylation is 1. The summed E-state index contributed by atoms with van der Waals surface area (Å²) in [5.41, 5.74) is 0.767. The van der Waals surface area contributed by atoms with Crippen molar-refractivity contribution in [1.29, 1.82) is 0 Å². The van der Waals surface area contributed by atoms with Crippen LogP contribution in [0, 0.1) is 6.92 Å². The van der Waals surface area contributed by atoms with E-state index < -0.39 is 7.59 Å². The molecule has 0 aliphatic heterocycles. The zero-order chi connectivity index (χ0) is 15.1. The molecule has 3 nitrogen and oxygen atoms in total.